The number of nitrogens with one attached hydrogen (secondary N) is 2. The first-order valence-corrected chi connectivity index (χ1v) is 7.77. The minimum absolute atomic E-state index is 0.0254. The van der Waals surface area contributed by atoms with Crippen LogP contribution in [0.1, 0.15) is 26.2 Å². The van der Waals surface area contributed by atoms with Gasteiger partial charge in [0.15, 0.2) is 0 Å². The Hall–Kier alpha value is -1.69. The van der Waals surface area contributed by atoms with Crippen LogP contribution in [0.15, 0.2) is 18.2 Å². The molecule has 122 valence electrons. The van der Waals surface area contributed by atoms with E-state index in [2.05, 4.69) is 22.5 Å². The lowest BCUT2D eigenvalue weighted by Crippen LogP contribution is -2.39. The summed E-state index contributed by atoms with van der Waals surface area (Å²) in [5, 5.41) is 5.12. The van der Waals surface area contributed by atoms with Crippen molar-refractivity contribution in [1.29, 1.82) is 0 Å². The van der Waals surface area contributed by atoms with E-state index in [4.69, 9.17) is 0 Å². The van der Waals surface area contributed by atoms with Gasteiger partial charge in [-0.3, -0.25) is 0 Å². The van der Waals surface area contributed by atoms with Crippen molar-refractivity contribution in [2.45, 2.75) is 26.2 Å². The van der Waals surface area contributed by atoms with Crippen molar-refractivity contribution in [1.82, 2.24) is 10.2 Å². The monoisotopic (exact) mass is 311 g/mol. The second kappa shape index (κ2) is 8.08. The summed E-state index contributed by atoms with van der Waals surface area (Å²) >= 11 is 0. The Bertz CT molecular complexity index is 504. The van der Waals surface area contributed by atoms with Gasteiger partial charge in [0.2, 0.25) is 0 Å². The van der Waals surface area contributed by atoms with Crippen molar-refractivity contribution in [3.63, 3.8) is 0 Å². The van der Waals surface area contributed by atoms with Crippen LogP contribution in [0.4, 0.5) is 19.3 Å². The van der Waals surface area contributed by atoms with Crippen molar-refractivity contribution in [2.24, 2.45) is 5.92 Å². The van der Waals surface area contributed by atoms with Crippen molar-refractivity contribution in [3.8, 4) is 0 Å². The maximum absolute atomic E-state index is 13.4. The first-order valence-electron chi connectivity index (χ1n) is 7.77. The summed E-state index contributed by atoms with van der Waals surface area (Å²) in [6.45, 7) is 5.79. The van der Waals surface area contributed by atoms with Gasteiger partial charge >= 0.3 is 6.03 Å². The number of nitrogens with zero attached hydrogens (tertiary/aromatic N) is 1. The van der Waals surface area contributed by atoms with E-state index in [0.717, 1.165) is 31.8 Å². The first kappa shape index (κ1) is 16.7. The summed E-state index contributed by atoms with van der Waals surface area (Å²) in [7, 11) is 0. The minimum atomic E-state index is -0.781. The SMILES string of the molecule is CC(CNC(=O)Nc1ccc(F)cc1F)CN1CCCCC1. The molecule has 2 N–H and O–H groups in total. The lowest BCUT2D eigenvalue weighted by Gasteiger charge is -2.29. The topological polar surface area (TPSA) is 44.4 Å². The van der Waals surface area contributed by atoms with Crippen molar-refractivity contribution in [2.75, 3.05) is 31.5 Å². The second-order valence-corrected chi connectivity index (χ2v) is 5.93. The molecule has 1 fully saturated rings. The summed E-state index contributed by atoms with van der Waals surface area (Å²) < 4.78 is 26.2. The molecule has 1 aliphatic rings. The average Bonchev–Trinajstić information content (AvgIpc) is 2.49. The molecule has 1 unspecified atom stereocenters. The smallest absolute Gasteiger partial charge is 0.319 e. The number of carbonyl (C=O) groups excluding carboxylic acids is 1. The molecule has 2 rings (SSSR count). The van der Waals surface area contributed by atoms with E-state index in [-0.39, 0.29) is 5.69 Å². The van der Waals surface area contributed by atoms with Gasteiger partial charge in [-0.25, -0.2) is 13.6 Å². The largest absolute Gasteiger partial charge is 0.338 e. The third-order valence-corrected chi connectivity index (χ3v) is 3.81. The Kier molecular flexibility index (Phi) is 6.12. The molecule has 0 aliphatic carbocycles. The van der Waals surface area contributed by atoms with Crippen LogP contribution in [0.2, 0.25) is 0 Å². The van der Waals surface area contributed by atoms with Gasteiger partial charge in [-0.05, 0) is 44.0 Å². The van der Waals surface area contributed by atoms with Gasteiger partial charge in [0.25, 0.3) is 0 Å². The number of likely N-dealkylation sites (tertiary alicyclic amines) is 1. The summed E-state index contributed by atoms with van der Waals surface area (Å²) in [6.07, 6.45) is 3.78. The molecule has 1 aromatic rings. The van der Waals surface area contributed by atoms with Crippen LogP contribution < -0.4 is 10.6 Å². The standard InChI is InChI=1S/C16H23F2N3O/c1-12(11-21-7-3-2-4-8-21)10-19-16(22)20-15-6-5-13(17)9-14(15)18/h5-6,9,12H,2-4,7-8,10-11H2,1H3,(H2,19,20,22). The van der Waals surface area contributed by atoms with Crippen LogP contribution in [-0.2, 0) is 0 Å². The zero-order chi connectivity index (χ0) is 15.9. The maximum Gasteiger partial charge on any atom is 0.319 e. The van der Waals surface area contributed by atoms with Crippen LogP contribution in [-0.4, -0.2) is 37.1 Å². The number of halogens is 2. The Balaban J connectivity index is 1.72. The molecule has 1 atom stereocenters. The van der Waals surface area contributed by atoms with E-state index in [1.807, 2.05) is 0 Å². The minimum Gasteiger partial charge on any atom is -0.338 e. The molecule has 22 heavy (non-hydrogen) atoms. The molecular weight excluding hydrogens is 288 g/mol. The second-order valence-electron chi connectivity index (χ2n) is 5.93. The Labute approximate surface area is 129 Å². The fourth-order valence-electron chi connectivity index (χ4n) is 2.67. The highest BCUT2D eigenvalue weighted by atomic mass is 19.1. The molecule has 1 aromatic carbocycles. The predicted molar refractivity (Wildman–Crippen MR) is 82.8 cm³/mol. The number of carbonyl (C=O) groups is 1. The van der Waals surface area contributed by atoms with Gasteiger partial charge in [-0.1, -0.05) is 13.3 Å². The van der Waals surface area contributed by atoms with E-state index in [1.165, 1.54) is 25.3 Å². The fourth-order valence-corrected chi connectivity index (χ4v) is 2.67. The van der Waals surface area contributed by atoms with Crippen LogP contribution in [0.3, 0.4) is 0 Å². The summed E-state index contributed by atoms with van der Waals surface area (Å²) in [6, 6.07) is 2.59. The molecule has 0 spiro atoms. The van der Waals surface area contributed by atoms with Gasteiger partial charge in [0.05, 0.1) is 5.69 Å². The number of hydrogen-bond donors (Lipinski definition) is 2. The number of hydrogen-bond acceptors (Lipinski definition) is 2. The number of amides is 2. The summed E-state index contributed by atoms with van der Waals surface area (Å²) in [4.78, 5) is 14.2. The molecule has 1 aliphatic heterocycles. The van der Waals surface area contributed by atoms with Crippen LogP contribution in [0, 0.1) is 17.6 Å². The van der Waals surface area contributed by atoms with Crippen LogP contribution >= 0.6 is 0 Å². The van der Waals surface area contributed by atoms with Crippen molar-refractivity contribution >= 4 is 11.7 Å². The fraction of sp³-hybridized carbons (Fsp3) is 0.562. The number of rotatable bonds is 5. The third kappa shape index (κ3) is 5.26. The number of piperidine rings is 1. The molecule has 4 nitrogen and oxygen atoms in total. The Morgan fingerprint density at radius 2 is 2.00 bits per heavy atom. The average molecular weight is 311 g/mol. The molecule has 1 heterocycles. The van der Waals surface area contributed by atoms with E-state index < -0.39 is 17.7 Å². The van der Waals surface area contributed by atoms with E-state index in [1.54, 1.807) is 0 Å². The highest BCUT2D eigenvalue weighted by Gasteiger charge is 2.14. The third-order valence-electron chi connectivity index (χ3n) is 3.81. The highest BCUT2D eigenvalue weighted by molar-refractivity contribution is 5.89. The molecule has 0 saturated carbocycles. The number of benzene rings is 1. The van der Waals surface area contributed by atoms with E-state index in [9.17, 15) is 13.6 Å². The number of urea groups is 1. The summed E-state index contributed by atoms with van der Waals surface area (Å²) in [5.41, 5.74) is -0.0254. The van der Waals surface area contributed by atoms with Crippen molar-refractivity contribution < 1.29 is 13.6 Å². The quantitative estimate of drug-likeness (QED) is 0.877. The zero-order valence-corrected chi connectivity index (χ0v) is 12.9. The lowest BCUT2D eigenvalue weighted by molar-refractivity contribution is 0.198. The molecule has 0 aromatic heterocycles. The van der Waals surface area contributed by atoms with Crippen molar-refractivity contribution in [3.05, 3.63) is 29.8 Å². The molecule has 0 radical (unpaired) electrons. The van der Waals surface area contributed by atoms with Gasteiger partial charge in [0.1, 0.15) is 11.6 Å². The molecule has 1 saturated heterocycles. The highest BCUT2D eigenvalue weighted by Crippen LogP contribution is 2.14. The van der Waals surface area contributed by atoms with Gasteiger partial charge in [-0.2, -0.15) is 0 Å². The predicted octanol–water partition coefficient (Wildman–Crippen LogP) is 3.21. The zero-order valence-electron chi connectivity index (χ0n) is 12.9. The van der Waals surface area contributed by atoms with E-state index in [0.29, 0.717) is 12.5 Å². The number of anilines is 1. The molecule has 0 bridgehead atoms. The Morgan fingerprint density at radius 1 is 1.27 bits per heavy atom. The first-order chi connectivity index (χ1) is 10.5. The molecule has 6 heteroatoms. The van der Waals surface area contributed by atoms with Gasteiger partial charge < -0.3 is 15.5 Å². The van der Waals surface area contributed by atoms with Gasteiger partial charge in [0, 0.05) is 19.2 Å². The van der Waals surface area contributed by atoms with Crippen LogP contribution in [0.5, 0.6) is 0 Å². The lowest BCUT2D eigenvalue weighted by atomic mass is 10.1. The molecular formula is C16H23F2N3O. The van der Waals surface area contributed by atoms with E-state index >= 15 is 0 Å². The van der Waals surface area contributed by atoms with Crippen LogP contribution in [0.25, 0.3) is 0 Å². The van der Waals surface area contributed by atoms with Gasteiger partial charge in [-0.15, -0.1) is 0 Å². The maximum atomic E-state index is 13.4. The summed E-state index contributed by atoms with van der Waals surface area (Å²) in [5.74, 6) is -1.13. The molecule has 2 amide bonds. The normalized spacial score (nSPS) is 17.0. The Morgan fingerprint density at radius 3 is 2.68 bits per heavy atom.